The van der Waals surface area contributed by atoms with Crippen LogP contribution >= 0.6 is 22.6 Å². The summed E-state index contributed by atoms with van der Waals surface area (Å²) < 4.78 is 13.7. The number of anilines is 2. The predicted molar refractivity (Wildman–Crippen MR) is 137 cm³/mol. The number of carbonyl (C=O) groups excluding carboxylic acids is 1. The number of ether oxygens (including phenoxy) is 2. The van der Waals surface area contributed by atoms with E-state index in [1.54, 1.807) is 18.9 Å². The van der Waals surface area contributed by atoms with Gasteiger partial charge in [0.2, 0.25) is 5.95 Å². The van der Waals surface area contributed by atoms with Gasteiger partial charge in [-0.1, -0.05) is 6.07 Å². The Balaban J connectivity index is 1.79. The van der Waals surface area contributed by atoms with E-state index < -0.39 is 6.04 Å². The Bertz CT molecular complexity index is 1220. The molecule has 2 aromatic carbocycles. The Labute approximate surface area is 211 Å². The summed E-state index contributed by atoms with van der Waals surface area (Å²) >= 11 is 2.22. The van der Waals surface area contributed by atoms with Crippen molar-refractivity contribution >= 4 is 40.1 Å². The first-order valence-corrected chi connectivity index (χ1v) is 11.9. The molecule has 10 heteroatoms. The highest BCUT2D eigenvalue weighted by Crippen LogP contribution is 2.39. The summed E-state index contributed by atoms with van der Waals surface area (Å²) in [6.07, 6.45) is 1.08. The van der Waals surface area contributed by atoms with Gasteiger partial charge in [-0.3, -0.25) is 4.79 Å². The maximum Gasteiger partial charge on any atom is 0.255 e. The second-order valence-corrected chi connectivity index (χ2v) is 9.01. The van der Waals surface area contributed by atoms with Crippen molar-refractivity contribution in [2.24, 2.45) is 0 Å². The number of fused-ring (bicyclic) bond motifs is 1. The number of allylic oxidation sites excluding steroid dienone is 1. The summed E-state index contributed by atoms with van der Waals surface area (Å²) in [6.45, 7) is 1.90. The van der Waals surface area contributed by atoms with Gasteiger partial charge in [-0.05, 0) is 77.9 Å². The van der Waals surface area contributed by atoms with Crippen molar-refractivity contribution in [1.82, 2.24) is 14.8 Å². The molecular weight excluding hydrogens is 549 g/mol. The lowest BCUT2D eigenvalue weighted by Gasteiger charge is -2.29. The molecule has 1 aromatic heterocycles. The normalized spacial score (nSPS) is 14.9. The van der Waals surface area contributed by atoms with E-state index in [0.29, 0.717) is 53.1 Å². The van der Waals surface area contributed by atoms with Gasteiger partial charge in [-0.2, -0.15) is 10.1 Å². The monoisotopic (exact) mass is 575 g/mol. The number of aliphatic hydroxyl groups is 1. The van der Waals surface area contributed by atoms with Gasteiger partial charge in [-0.15, -0.1) is 0 Å². The molecule has 3 N–H and O–H groups in total. The number of benzene rings is 2. The molecule has 178 valence electrons. The minimum atomic E-state index is -0.546. The van der Waals surface area contributed by atoms with E-state index in [1.165, 1.54) is 0 Å². The molecule has 34 heavy (non-hydrogen) atoms. The number of aromatic nitrogens is 3. The number of nitrogens with zero attached hydrogens (tertiary/aromatic N) is 3. The molecule has 1 unspecified atom stereocenters. The van der Waals surface area contributed by atoms with Crippen molar-refractivity contribution in [2.75, 3.05) is 31.5 Å². The number of methoxy groups -OCH3 is 2. The lowest BCUT2D eigenvalue weighted by atomic mass is 9.94. The summed E-state index contributed by atoms with van der Waals surface area (Å²) in [5, 5.41) is 20.1. The third kappa shape index (κ3) is 4.87. The van der Waals surface area contributed by atoms with E-state index in [2.05, 4.69) is 43.3 Å². The minimum absolute atomic E-state index is 0.0529. The molecule has 2 heterocycles. The molecule has 3 aromatic rings. The first kappa shape index (κ1) is 24.0. The van der Waals surface area contributed by atoms with E-state index in [-0.39, 0.29) is 12.5 Å². The number of halogens is 1. The van der Waals surface area contributed by atoms with Crippen LogP contribution in [0.5, 0.6) is 11.5 Å². The van der Waals surface area contributed by atoms with E-state index in [1.807, 2.05) is 49.4 Å². The van der Waals surface area contributed by atoms with Gasteiger partial charge in [0, 0.05) is 28.0 Å². The van der Waals surface area contributed by atoms with Crippen molar-refractivity contribution in [3.05, 3.63) is 68.7 Å². The first-order valence-electron chi connectivity index (χ1n) is 10.8. The Kier molecular flexibility index (Phi) is 7.37. The first-order chi connectivity index (χ1) is 16.4. The van der Waals surface area contributed by atoms with Gasteiger partial charge in [0.25, 0.3) is 5.91 Å². The zero-order valence-electron chi connectivity index (χ0n) is 19.1. The highest BCUT2D eigenvalue weighted by Gasteiger charge is 2.34. The molecule has 0 radical (unpaired) electrons. The van der Waals surface area contributed by atoms with Gasteiger partial charge < -0.3 is 25.2 Å². The molecule has 0 bridgehead atoms. The summed E-state index contributed by atoms with van der Waals surface area (Å²) in [5.41, 5.74) is 2.68. The lowest BCUT2D eigenvalue weighted by Crippen LogP contribution is -2.31. The van der Waals surface area contributed by atoms with Crippen LogP contribution in [0.25, 0.3) is 0 Å². The molecule has 0 spiro atoms. The molecule has 9 nitrogen and oxygen atoms in total. The molecule has 0 saturated heterocycles. The maximum atomic E-state index is 13.6. The molecular formula is C24H26IN5O4. The number of carbonyl (C=O) groups is 1. The van der Waals surface area contributed by atoms with E-state index in [9.17, 15) is 9.90 Å². The van der Waals surface area contributed by atoms with Gasteiger partial charge in [0.1, 0.15) is 6.04 Å². The van der Waals surface area contributed by atoms with Gasteiger partial charge in [-0.25, -0.2) is 4.68 Å². The van der Waals surface area contributed by atoms with Crippen LogP contribution in [-0.4, -0.2) is 46.6 Å². The Morgan fingerprint density at radius 2 is 1.91 bits per heavy atom. The predicted octanol–water partition coefficient (Wildman–Crippen LogP) is 3.75. The van der Waals surface area contributed by atoms with Crippen LogP contribution in [0.15, 0.2) is 53.7 Å². The molecule has 0 aliphatic carbocycles. The highest BCUT2D eigenvalue weighted by molar-refractivity contribution is 14.1. The molecule has 1 atom stereocenters. The zero-order valence-corrected chi connectivity index (χ0v) is 21.3. The Hall–Kier alpha value is -3.12. The number of nitrogens with one attached hydrogen (secondary N) is 2. The number of aryl methyl sites for hydroxylation is 1. The quantitative estimate of drug-likeness (QED) is 0.351. The van der Waals surface area contributed by atoms with E-state index in [0.717, 1.165) is 9.13 Å². The molecule has 0 saturated carbocycles. The number of hydrogen-bond donors (Lipinski definition) is 3. The van der Waals surface area contributed by atoms with Crippen LogP contribution in [0.2, 0.25) is 0 Å². The van der Waals surface area contributed by atoms with Crippen molar-refractivity contribution in [3.8, 4) is 11.5 Å². The van der Waals surface area contributed by atoms with Gasteiger partial charge in [0.05, 0.1) is 19.8 Å². The minimum Gasteiger partial charge on any atom is -0.493 e. The maximum absolute atomic E-state index is 13.6. The highest BCUT2D eigenvalue weighted by atomic mass is 127. The average molecular weight is 575 g/mol. The summed E-state index contributed by atoms with van der Waals surface area (Å²) in [5.74, 6) is 2.03. The second kappa shape index (κ2) is 10.4. The summed E-state index contributed by atoms with van der Waals surface area (Å²) in [4.78, 5) is 18.1. The molecule has 1 aliphatic rings. The topological polar surface area (TPSA) is 111 Å². The number of aliphatic hydroxyl groups excluding tert-OH is 1. The molecule has 1 aliphatic heterocycles. The second-order valence-electron chi connectivity index (χ2n) is 7.77. The van der Waals surface area contributed by atoms with Crippen LogP contribution in [0.1, 0.15) is 30.8 Å². The fraction of sp³-hybridized carbons (Fsp3) is 0.292. The third-order valence-corrected chi connectivity index (χ3v) is 6.24. The summed E-state index contributed by atoms with van der Waals surface area (Å²) in [6, 6.07) is 12.6. The lowest BCUT2D eigenvalue weighted by molar-refractivity contribution is -0.113. The molecule has 1 amide bonds. The number of rotatable bonds is 8. The molecule has 4 rings (SSSR count). The van der Waals surface area contributed by atoms with Gasteiger partial charge in [0.15, 0.2) is 17.3 Å². The Morgan fingerprint density at radius 1 is 1.18 bits per heavy atom. The molecule has 0 fully saturated rings. The smallest absolute Gasteiger partial charge is 0.255 e. The average Bonchev–Trinajstić information content (AvgIpc) is 3.24. The van der Waals surface area contributed by atoms with Crippen LogP contribution in [0, 0.1) is 3.57 Å². The van der Waals surface area contributed by atoms with Crippen LogP contribution < -0.4 is 20.1 Å². The van der Waals surface area contributed by atoms with Crippen LogP contribution in [0.3, 0.4) is 0 Å². The Morgan fingerprint density at radius 3 is 2.59 bits per heavy atom. The fourth-order valence-corrected chi connectivity index (χ4v) is 4.25. The van der Waals surface area contributed by atoms with Crippen molar-refractivity contribution in [2.45, 2.75) is 25.8 Å². The van der Waals surface area contributed by atoms with E-state index in [4.69, 9.17) is 9.47 Å². The van der Waals surface area contributed by atoms with E-state index >= 15 is 0 Å². The SMILES string of the molecule is COc1ccc(C2C(C(=O)Nc3ccc(I)cc3)=C(C)Nc3nc(CCCO)nn32)cc1OC. The number of hydrogen-bond acceptors (Lipinski definition) is 7. The fourth-order valence-electron chi connectivity index (χ4n) is 3.90. The zero-order chi connectivity index (χ0) is 24.2. The van der Waals surface area contributed by atoms with Crippen LogP contribution in [0.4, 0.5) is 11.6 Å². The van der Waals surface area contributed by atoms with Crippen molar-refractivity contribution in [1.29, 1.82) is 0 Å². The number of amides is 1. The van der Waals surface area contributed by atoms with Gasteiger partial charge >= 0.3 is 0 Å². The van der Waals surface area contributed by atoms with Crippen molar-refractivity contribution < 1.29 is 19.4 Å². The van der Waals surface area contributed by atoms with Crippen LogP contribution in [-0.2, 0) is 11.2 Å². The standard InChI is InChI=1S/C24H26IN5O4/c1-14-21(23(32)27-17-9-7-16(25)8-10-17)22(15-6-11-18(33-2)19(13-15)34-3)30-24(26-14)28-20(29-30)5-4-12-31/h6-11,13,22,31H,4-5,12H2,1-3H3,(H,27,32)(H,26,28,29). The van der Waals surface area contributed by atoms with Crippen molar-refractivity contribution in [3.63, 3.8) is 0 Å². The largest absolute Gasteiger partial charge is 0.493 e. The summed E-state index contributed by atoms with van der Waals surface area (Å²) in [7, 11) is 3.15. The third-order valence-electron chi connectivity index (χ3n) is 5.52.